The van der Waals surface area contributed by atoms with E-state index in [4.69, 9.17) is 0 Å². The molecule has 1 atom stereocenters. The first-order chi connectivity index (χ1) is 12.4. The summed E-state index contributed by atoms with van der Waals surface area (Å²) in [4.78, 5) is 24.5. The molecule has 0 saturated carbocycles. The number of carbonyl (C=O) groups excluding carboxylic acids is 1. The van der Waals surface area contributed by atoms with E-state index in [0.717, 1.165) is 12.0 Å². The first-order valence-electron chi connectivity index (χ1n) is 8.86. The Morgan fingerprint density at radius 3 is 2.50 bits per heavy atom. The van der Waals surface area contributed by atoms with Gasteiger partial charge in [-0.25, -0.2) is 9.48 Å². The molecule has 1 amide bonds. The molecule has 2 heterocycles. The number of amides is 1. The number of carbonyl (C=O) groups is 1. The van der Waals surface area contributed by atoms with E-state index in [1.54, 1.807) is 24.4 Å². The summed E-state index contributed by atoms with van der Waals surface area (Å²) < 4.78 is 2.60. The number of aromatic nitrogens is 3. The largest absolute Gasteiger partial charge is 0.350 e. The van der Waals surface area contributed by atoms with Crippen molar-refractivity contribution in [2.75, 3.05) is 0 Å². The van der Waals surface area contributed by atoms with E-state index in [-0.39, 0.29) is 24.2 Å². The number of fused-ring (bicyclic) bond motifs is 1. The Balaban J connectivity index is 1.65. The first kappa shape index (κ1) is 17.9. The molecule has 0 spiro atoms. The zero-order valence-corrected chi connectivity index (χ0v) is 15.3. The van der Waals surface area contributed by atoms with Gasteiger partial charge in [-0.05, 0) is 42.5 Å². The highest BCUT2D eigenvalue weighted by atomic mass is 16.2. The van der Waals surface area contributed by atoms with Crippen molar-refractivity contribution in [3.8, 4) is 0 Å². The van der Waals surface area contributed by atoms with E-state index in [9.17, 15) is 9.59 Å². The van der Waals surface area contributed by atoms with Crippen molar-refractivity contribution in [3.05, 3.63) is 70.3 Å². The van der Waals surface area contributed by atoms with Crippen LogP contribution in [0.2, 0.25) is 0 Å². The van der Waals surface area contributed by atoms with E-state index in [1.165, 1.54) is 14.6 Å². The molecule has 26 heavy (non-hydrogen) atoms. The van der Waals surface area contributed by atoms with Crippen LogP contribution in [-0.4, -0.2) is 20.1 Å². The highest BCUT2D eigenvalue weighted by molar-refractivity contribution is 5.76. The number of hydrogen-bond acceptors (Lipinski definition) is 3. The van der Waals surface area contributed by atoms with Crippen molar-refractivity contribution < 1.29 is 4.79 Å². The Labute approximate surface area is 152 Å². The van der Waals surface area contributed by atoms with Gasteiger partial charge in [0.15, 0.2) is 5.65 Å². The van der Waals surface area contributed by atoms with Gasteiger partial charge in [-0.1, -0.05) is 44.2 Å². The summed E-state index contributed by atoms with van der Waals surface area (Å²) in [5.74, 6) is 0.371. The first-order valence-corrected chi connectivity index (χ1v) is 8.86. The van der Waals surface area contributed by atoms with Crippen LogP contribution in [0.1, 0.15) is 37.9 Å². The van der Waals surface area contributed by atoms with Crippen LogP contribution >= 0.6 is 0 Å². The zero-order chi connectivity index (χ0) is 18.7. The lowest BCUT2D eigenvalue weighted by Gasteiger charge is -2.15. The number of nitrogens with zero attached hydrogens (tertiary/aromatic N) is 3. The highest BCUT2D eigenvalue weighted by Gasteiger charge is 2.13. The molecule has 1 unspecified atom stereocenters. The average molecular weight is 352 g/mol. The molecule has 3 aromatic rings. The van der Waals surface area contributed by atoms with E-state index in [1.807, 2.05) is 19.1 Å². The van der Waals surface area contributed by atoms with Gasteiger partial charge in [-0.2, -0.15) is 0 Å². The van der Waals surface area contributed by atoms with Gasteiger partial charge in [-0.15, -0.1) is 5.10 Å². The molecule has 1 N–H and O–H groups in total. The summed E-state index contributed by atoms with van der Waals surface area (Å²) in [5.41, 5.74) is 2.53. The predicted octanol–water partition coefficient (Wildman–Crippen LogP) is 2.57. The molecule has 0 aliphatic heterocycles. The second kappa shape index (κ2) is 7.56. The molecule has 0 aliphatic rings. The Morgan fingerprint density at radius 2 is 1.85 bits per heavy atom. The molecular formula is C20H24N4O2. The van der Waals surface area contributed by atoms with Crippen molar-refractivity contribution in [2.45, 2.75) is 39.8 Å². The SMILES string of the molecule is CC(C)Cc1ccc(C(C)NC(=O)Cn2nc3ccccn3c2=O)cc1. The maximum atomic E-state index is 12.3. The van der Waals surface area contributed by atoms with Crippen LogP contribution < -0.4 is 11.0 Å². The molecule has 6 heteroatoms. The van der Waals surface area contributed by atoms with E-state index < -0.39 is 0 Å². The number of hydrogen-bond donors (Lipinski definition) is 1. The van der Waals surface area contributed by atoms with E-state index in [0.29, 0.717) is 11.6 Å². The quantitative estimate of drug-likeness (QED) is 0.741. The lowest BCUT2D eigenvalue weighted by atomic mass is 10.00. The van der Waals surface area contributed by atoms with Crippen LogP contribution in [0.5, 0.6) is 0 Å². The summed E-state index contributed by atoms with van der Waals surface area (Å²) in [6.45, 7) is 6.22. The predicted molar refractivity (Wildman–Crippen MR) is 101 cm³/mol. The standard InChI is InChI=1S/C20H24N4O2/c1-14(2)12-16-7-9-17(10-8-16)15(3)21-19(25)13-24-20(26)23-11-5-4-6-18(23)22-24/h4-11,14-15H,12-13H2,1-3H3,(H,21,25). The Bertz CT molecular complexity index is 954. The summed E-state index contributed by atoms with van der Waals surface area (Å²) in [5, 5.41) is 7.11. The monoisotopic (exact) mass is 352 g/mol. The summed E-state index contributed by atoms with van der Waals surface area (Å²) in [6, 6.07) is 13.4. The fraction of sp³-hybridized carbons (Fsp3) is 0.350. The van der Waals surface area contributed by atoms with Crippen LogP contribution in [0.4, 0.5) is 0 Å². The fourth-order valence-electron chi connectivity index (χ4n) is 2.99. The molecule has 136 valence electrons. The third-order valence-electron chi connectivity index (χ3n) is 4.28. The second-order valence-corrected chi connectivity index (χ2v) is 7.00. The molecular weight excluding hydrogens is 328 g/mol. The van der Waals surface area contributed by atoms with Crippen molar-refractivity contribution >= 4 is 11.6 Å². The van der Waals surface area contributed by atoms with Crippen molar-refractivity contribution in [1.29, 1.82) is 0 Å². The van der Waals surface area contributed by atoms with Gasteiger partial charge in [0, 0.05) is 6.20 Å². The third kappa shape index (κ3) is 4.02. The van der Waals surface area contributed by atoms with Crippen LogP contribution in [-0.2, 0) is 17.8 Å². The average Bonchev–Trinajstić information content (AvgIpc) is 2.91. The van der Waals surface area contributed by atoms with E-state index in [2.05, 4.69) is 36.4 Å². The fourth-order valence-corrected chi connectivity index (χ4v) is 2.99. The number of nitrogens with one attached hydrogen (secondary N) is 1. The van der Waals surface area contributed by atoms with Gasteiger partial charge in [0.1, 0.15) is 6.54 Å². The normalized spacial score (nSPS) is 12.5. The van der Waals surface area contributed by atoms with Crippen LogP contribution in [0.3, 0.4) is 0 Å². The maximum absolute atomic E-state index is 12.3. The highest BCUT2D eigenvalue weighted by Crippen LogP contribution is 2.15. The number of rotatable bonds is 6. The minimum Gasteiger partial charge on any atom is -0.348 e. The molecule has 0 saturated heterocycles. The lowest BCUT2D eigenvalue weighted by Crippen LogP contribution is -2.34. The topological polar surface area (TPSA) is 68.4 Å². The maximum Gasteiger partial charge on any atom is 0.350 e. The van der Waals surface area contributed by atoms with Gasteiger partial charge in [0.25, 0.3) is 0 Å². The summed E-state index contributed by atoms with van der Waals surface area (Å²) in [6.07, 6.45) is 2.68. The minimum absolute atomic E-state index is 0.101. The molecule has 0 fully saturated rings. The van der Waals surface area contributed by atoms with Crippen LogP contribution in [0.25, 0.3) is 5.65 Å². The Kier molecular flexibility index (Phi) is 5.21. The third-order valence-corrected chi connectivity index (χ3v) is 4.28. The lowest BCUT2D eigenvalue weighted by molar-refractivity contribution is -0.122. The molecule has 1 aromatic carbocycles. The molecule has 0 bridgehead atoms. The Morgan fingerprint density at radius 1 is 1.12 bits per heavy atom. The van der Waals surface area contributed by atoms with Gasteiger partial charge in [0.2, 0.25) is 5.91 Å². The molecule has 0 aliphatic carbocycles. The van der Waals surface area contributed by atoms with Crippen LogP contribution in [0.15, 0.2) is 53.5 Å². The van der Waals surface area contributed by atoms with Gasteiger partial charge < -0.3 is 5.32 Å². The number of pyridine rings is 1. The zero-order valence-electron chi connectivity index (χ0n) is 15.3. The van der Waals surface area contributed by atoms with Crippen molar-refractivity contribution in [2.24, 2.45) is 5.92 Å². The molecule has 6 nitrogen and oxygen atoms in total. The van der Waals surface area contributed by atoms with E-state index >= 15 is 0 Å². The van der Waals surface area contributed by atoms with Gasteiger partial charge >= 0.3 is 5.69 Å². The molecule has 2 aromatic heterocycles. The van der Waals surface area contributed by atoms with Crippen LogP contribution in [0, 0.1) is 5.92 Å². The Hall–Kier alpha value is -2.89. The molecule has 0 radical (unpaired) electrons. The van der Waals surface area contributed by atoms with Crippen molar-refractivity contribution in [3.63, 3.8) is 0 Å². The summed E-state index contributed by atoms with van der Waals surface area (Å²) >= 11 is 0. The summed E-state index contributed by atoms with van der Waals surface area (Å²) in [7, 11) is 0. The van der Waals surface area contributed by atoms with Gasteiger partial charge in [-0.3, -0.25) is 9.20 Å². The van der Waals surface area contributed by atoms with Gasteiger partial charge in [0.05, 0.1) is 6.04 Å². The smallest absolute Gasteiger partial charge is 0.348 e. The number of benzene rings is 1. The minimum atomic E-state index is -0.318. The van der Waals surface area contributed by atoms with Crippen molar-refractivity contribution in [1.82, 2.24) is 19.5 Å². The molecule has 3 rings (SSSR count). The second-order valence-electron chi connectivity index (χ2n) is 7.00.